The zero-order chi connectivity index (χ0) is 23.1. The molecule has 2 aromatic rings. The van der Waals surface area contributed by atoms with E-state index in [9.17, 15) is 9.90 Å². The smallest absolute Gasteiger partial charge is 0.321 e. The maximum absolute atomic E-state index is 11.2. The van der Waals surface area contributed by atoms with Crippen LogP contribution in [0.25, 0.3) is 0 Å². The van der Waals surface area contributed by atoms with Crippen molar-refractivity contribution in [1.29, 1.82) is 0 Å². The number of hydrogen-bond donors (Lipinski definition) is 2. The average molecular weight is 460 g/mol. The summed E-state index contributed by atoms with van der Waals surface area (Å²) in [4.78, 5) is 11.2. The van der Waals surface area contributed by atoms with Gasteiger partial charge in [0, 0.05) is 5.75 Å². The Labute approximate surface area is 194 Å². The van der Waals surface area contributed by atoms with Gasteiger partial charge in [-0.2, -0.15) is 0 Å². The third-order valence-corrected chi connectivity index (χ3v) is 7.05. The van der Waals surface area contributed by atoms with Gasteiger partial charge >= 0.3 is 5.97 Å². The van der Waals surface area contributed by atoms with Crippen molar-refractivity contribution in [3.63, 3.8) is 0 Å². The van der Waals surface area contributed by atoms with Crippen LogP contribution in [0.2, 0.25) is 0 Å². The molecule has 0 radical (unpaired) electrons. The van der Waals surface area contributed by atoms with Gasteiger partial charge in [-0.25, -0.2) is 0 Å². The highest BCUT2D eigenvalue weighted by molar-refractivity contribution is 7.99. The molecule has 0 saturated carbocycles. The van der Waals surface area contributed by atoms with Crippen LogP contribution in [-0.2, 0) is 10.2 Å². The molecule has 1 aliphatic rings. The third-order valence-electron chi connectivity index (χ3n) is 5.78. The van der Waals surface area contributed by atoms with Crippen LogP contribution in [0.15, 0.2) is 42.5 Å². The molecule has 2 aromatic carbocycles. The normalized spacial score (nSPS) is 18.4. The van der Waals surface area contributed by atoms with E-state index in [2.05, 4.69) is 38.2 Å². The number of thioether (sulfide) groups is 1. The van der Waals surface area contributed by atoms with Gasteiger partial charge < -0.3 is 19.3 Å². The minimum atomic E-state index is -0.825. The van der Waals surface area contributed by atoms with Gasteiger partial charge in [-0.3, -0.25) is 10.1 Å². The molecule has 0 aromatic heterocycles. The fourth-order valence-electron chi connectivity index (χ4n) is 3.40. The number of nitrogens with one attached hydrogen (secondary N) is 1. The second kappa shape index (κ2) is 11.0. The number of rotatable bonds is 11. The first-order chi connectivity index (χ1) is 15.3. The molecule has 1 aliphatic heterocycles. The van der Waals surface area contributed by atoms with E-state index in [1.54, 1.807) is 11.8 Å². The van der Waals surface area contributed by atoms with E-state index in [0.717, 1.165) is 17.7 Å². The zero-order valence-electron chi connectivity index (χ0n) is 19.2. The summed E-state index contributed by atoms with van der Waals surface area (Å²) in [6.07, 6.45) is 1.08. The SMILES string of the molecule is CCOc1cc(C2NC(C(=O)O)CS2)ccc1OCCOc1ccc(C(C)(C)CC)cc1. The summed E-state index contributed by atoms with van der Waals surface area (Å²) in [5.74, 6) is 1.83. The van der Waals surface area contributed by atoms with Crippen molar-refractivity contribution in [3.8, 4) is 17.2 Å². The molecule has 1 heterocycles. The Bertz CT molecular complexity index is 900. The standard InChI is InChI=1S/C25H33NO5S/c1-5-25(3,4)18-8-10-19(11-9-18)30-13-14-31-21-12-7-17(15-22(21)29-6-2)23-26-20(16-32-23)24(27)28/h7-12,15,20,23,26H,5-6,13-14,16H2,1-4H3,(H,27,28). The van der Waals surface area contributed by atoms with Gasteiger partial charge in [0.1, 0.15) is 25.0 Å². The molecule has 0 bridgehead atoms. The van der Waals surface area contributed by atoms with Gasteiger partial charge in [0.15, 0.2) is 11.5 Å². The quantitative estimate of drug-likeness (QED) is 0.457. The van der Waals surface area contributed by atoms with Gasteiger partial charge in [0.25, 0.3) is 0 Å². The summed E-state index contributed by atoms with van der Waals surface area (Å²) < 4.78 is 17.5. The fourth-order valence-corrected chi connectivity index (χ4v) is 4.62. The lowest BCUT2D eigenvalue weighted by molar-refractivity contribution is -0.138. The van der Waals surface area contributed by atoms with E-state index in [4.69, 9.17) is 14.2 Å². The summed E-state index contributed by atoms with van der Waals surface area (Å²) >= 11 is 1.58. The first kappa shape index (κ1) is 24.3. The van der Waals surface area contributed by atoms with Crippen LogP contribution in [0.1, 0.15) is 50.6 Å². The molecule has 2 N–H and O–H groups in total. The van der Waals surface area contributed by atoms with Gasteiger partial charge in [-0.1, -0.05) is 39.0 Å². The molecule has 1 saturated heterocycles. The molecular formula is C25H33NO5S. The van der Waals surface area contributed by atoms with E-state index in [-0.39, 0.29) is 10.8 Å². The predicted molar refractivity (Wildman–Crippen MR) is 128 cm³/mol. The molecule has 2 atom stereocenters. The maximum atomic E-state index is 11.2. The summed E-state index contributed by atoms with van der Waals surface area (Å²) in [5, 5.41) is 12.2. The van der Waals surface area contributed by atoms with Crippen LogP contribution >= 0.6 is 11.8 Å². The number of ether oxygens (including phenoxy) is 3. The van der Waals surface area contributed by atoms with E-state index in [0.29, 0.717) is 37.1 Å². The lowest BCUT2D eigenvalue weighted by Gasteiger charge is -2.23. The molecule has 6 nitrogen and oxygen atoms in total. The molecule has 2 unspecified atom stereocenters. The van der Waals surface area contributed by atoms with Crippen molar-refractivity contribution in [2.75, 3.05) is 25.6 Å². The Morgan fingerprint density at radius 1 is 1.06 bits per heavy atom. The molecule has 0 aliphatic carbocycles. The Morgan fingerprint density at radius 3 is 2.41 bits per heavy atom. The molecule has 1 fully saturated rings. The highest BCUT2D eigenvalue weighted by Crippen LogP contribution is 2.37. The summed E-state index contributed by atoms with van der Waals surface area (Å²) in [6, 6.07) is 13.5. The first-order valence-electron chi connectivity index (χ1n) is 11.1. The molecule has 0 spiro atoms. The maximum Gasteiger partial charge on any atom is 0.321 e. The Hall–Kier alpha value is -2.38. The van der Waals surface area contributed by atoms with Gasteiger partial charge in [-0.05, 0) is 54.2 Å². The third kappa shape index (κ3) is 6.11. The second-order valence-electron chi connectivity index (χ2n) is 8.37. The Kier molecular flexibility index (Phi) is 8.32. The number of aliphatic carboxylic acids is 1. The number of carbonyl (C=O) groups is 1. The van der Waals surface area contributed by atoms with Crippen molar-refractivity contribution < 1.29 is 24.1 Å². The molecule has 0 amide bonds. The summed E-state index contributed by atoms with van der Waals surface area (Å²) in [6.45, 7) is 9.92. The monoisotopic (exact) mass is 459 g/mol. The predicted octanol–water partition coefficient (Wildman–Crippen LogP) is 5.02. The number of carboxylic acids is 1. The van der Waals surface area contributed by atoms with Gasteiger partial charge in [-0.15, -0.1) is 11.8 Å². The fraction of sp³-hybridized carbons (Fsp3) is 0.480. The van der Waals surface area contributed by atoms with Crippen molar-refractivity contribution in [2.24, 2.45) is 0 Å². The summed E-state index contributed by atoms with van der Waals surface area (Å²) in [5.41, 5.74) is 2.43. The molecule has 32 heavy (non-hydrogen) atoms. The number of hydrogen-bond acceptors (Lipinski definition) is 6. The lowest BCUT2D eigenvalue weighted by atomic mass is 9.82. The molecule has 3 rings (SSSR count). The van der Waals surface area contributed by atoms with Crippen molar-refractivity contribution in [3.05, 3.63) is 53.6 Å². The Balaban J connectivity index is 1.55. The van der Waals surface area contributed by atoms with Crippen molar-refractivity contribution in [2.45, 2.75) is 50.9 Å². The second-order valence-corrected chi connectivity index (χ2v) is 9.51. The van der Waals surface area contributed by atoms with Crippen LogP contribution in [-0.4, -0.2) is 42.7 Å². The highest BCUT2D eigenvalue weighted by Gasteiger charge is 2.30. The highest BCUT2D eigenvalue weighted by atomic mass is 32.2. The number of benzene rings is 2. The Morgan fingerprint density at radius 2 is 1.78 bits per heavy atom. The number of carboxylic acid groups (broad SMARTS) is 1. The van der Waals surface area contributed by atoms with Crippen LogP contribution < -0.4 is 19.5 Å². The average Bonchev–Trinajstić information content (AvgIpc) is 3.29. The van der Waals surface area contributed by atoms with Crippen LogP contribution in [0.4, 0.5) is 0 Å². The van der Waals surface area contributed by atoms with Gasteiger partial charge in [0.2, 0.25) is 0 Å². The molecular weight excluding hydrogens is 426 g/mol. The van der Waals surface area contributed by atoms with Crippen molar-refractivity contribution >= 4 is 17.7 Å². The van der Waals surface area contributed by atoms with E-state index in [1.165, 1.54) is 5.56 Å². The van der Waals surface area contributed by atoms with E-state index < -0.39 is 12.0 Å². The van der Waals surface area contributed by atoms with E-state index >= 15 is 0 Å². The van der Waals surface area contributed by atoms with Crippen LogP contribution in [0, 0.1) is 0 Å². The molecule has 7 heteroatoms. The molecule has 174 valence electrons. The first-order valence-corrected chi connectivity index (χ1v) is 12.1. The summed E-state index contributed by atoms with van der Waals surface area (Å²) in [7, 11) is 0. The van der Waals surface area contributed by atoms with Crippen LogP contribution in [0.3, 0.4) is 0 Å². The zero-order valence-corrected chi connectivity index (χ0v) is 20.0. The minimum Gasteiger partial charge on any atom is -0.490 e. The van der Waals surface area contributed by atoms with E-state index in [1.807, 2.05) is 37.3 Å². The van der Waals surface area contributed by atoms with Crippen LogP contribution in [0.5, 0.6) is 17.2 Å². The minimum absolute atomic E-state index is 0.0756. The van der Waals surface area contributed by atoms with Crippen molar-refractivity contribution in [1.82, 2.24) is 5.32 Å². The topological polar surface area (TPSA) is 77.0 Å². The van der Waals surface area contributed by atoms with Gasteiger partial charge in [0.05, 0.1) is 12.0 Å². The largest absolute Gasteiger partial charge is 0.490 e. The lowest BCUT2D eigenvalue weighted by Crippen LogP contribution is -2.33.